The quantitative estimate of drug-likeness (QED) is 0.894. The van der Waals surface area contributed by atoms with Crippen molar-refractivity contribution in [1.29, 1.82) is 0 Å². The first-order chi connectivity index (χ1) is 12.2. The zero-order valence-corrected chi connectivity index (χ0v) is 15.2. The van der Waals surface area contributed by atoms with E-state index in [4.69, 9.17) is 9.84 Å². The number of ether oxygens (including phenoxy) is 1. The summed E-state index contributed by atoms with van der Waals surface area (Å²) in [6.45, 7) is 6.70. The van der Waals surface area contributed by atoms with Crippen LogP contribution < -0.4 is 9.64 Å². The van der Waals surface area contributed by atoms with Crippen LogP contribution in [0.3, 0.4) is 0 Å². The predicted molar refractivity (Wildman–Crippen MR) is 99.8 cm³/mol. The Morgan fingerprint density at radius 3 is 2.04 bits per heavy atom. The Bertz CT molecular complexity index is 803. The summed E-state index contributed by atoms with van der Waals surface area (Å²) in [4.78, 5) is 24.6. The van der Waals surface area contributed by atoms with Gasteiger partial charge in [0.1, 0.15) is 11.5 Å². The summed E-state index contributed by atoms with van der Waals surface area (Å²) in [5.41, 5.74) is 2.02. The van der Waals surface area contributed by atoms with E-state index in [2.05, 4.69) is 32.9 Å². The number of rotatable bonds is 4. The van der Waals surface area contributed by atoms with E-state index in [0.717, 1.165) is 5.75 Å². The van der Waals surface area contributed by atoms with Gasteiger partial charge in [0.05, 0.1) is 5.92 Å². The smallest absolute Gasteiger partial charge is 0.308 e. The van der Waals surface area contributed by atoms with Gasteiger partial charge in [0.15, 0.2) is 0 Å². The molecule has 136 valence electrons. The molecule has 3 rings (SSSR count). The SMILES string of the molecule is CC(C)(C)c1ccc(Oc2ccc(N3CC(C(=O)O)CC3=O)cc2)cc1. The second kappa shape index (κ2) is 6.83. The highest BCUT2D eigenvalue weighted by atomic mass is 16.5. The monoisotopic (exact) mass is 353 g/mol. The molecular weight excluding hydrogens is 330 g/mol. The Morgan fingerprint density at radius 1 is 1.04 bits per heavy atom. The molecule has 1 amide bonds. The summed E-state index contributed by atoms with van der Waals surface area (Å²) in [6, 6.07) is 15.1. The molecule has 1 N–H and O–H groups in total. The zero-order chi connectivity index (χ0) is 18.9. The molecule has 0 aromatic heterocycles. The first kappa shape index (κ1) is 18.0. The summed E-state index contributed by atoms with van der Waals surface area (Å²) in [5.74, 6) is -0.323. The lowest BCUT2D eigenvalue weighted by atomic mass is 9.87. The molecule has 0 radical (unpaired) electrons. The molecule has 1 unspecified atom stereocenters. The molecule has 1 saturated heterocycles. The van der Waals surface area contributed by atoms with Gasteiger partial charge in [0, 0.05) is 18.7 Å². The maximum absolute atomic E-state index is 12.0. The Balaban J connectivity index is 1.68. The number of amides is 1. The lowest BCUT2D eigenvalue weighted by Gasteiger charge is -2.19. The molecule has 0 saturated carbocycles. The van der Waals surface area contributed by atoms with Crippen molar-refractivity contribution in [2.45, 2.75) is 32.6 Å². The topological polar surface area (TPSA) is 66.8 Å². The van der Waals surface area contributed by atoms with E-state index in [1.165, 1.54) is 10.5 Å². The third-order valence-electron chi connectivity index (χ3n) is 4.58. The van der Waals surface area contributed by atoms with Gasteiger partial charge >= 0.3 is 5.97 Å². The van der Waals surface area contributed by atoms with Crippen LogP contribution in [-0.4, -0.2) is 23.5 Å². The highest BCUT2D eigenvalue weighted by Crippen LogP contribution is 2.30. The van der Waals surface area contributed by atoms with Crippen molar-refractivity contribution in [2.75, 3.05) is 11.4 Å². The molecule has 26 heavy (non-hydrogen) atoms. The summed E-state index contributed by atoms with van der Waals surface area (Å²) in [5, 5.41) is 9.07. The maximum Gasteiger partial charge on any atom is 0.308 e. The van der Waals surface area contributed by atoms with Crippen LogP contribution in [0.5, 0.6) is 11.5 Å². The van der Waals surface area contributed by atoms with Crippen LogP contribution in [0.2, 0.25) is 0 Å². The second-order valence-corrected chi connectivity index (χ2v) is 7.61. The largest absolute Gasteiger partial charge is 0.481 e. The summed E-state index contributed by atoms with van der Waals surface area (Å²) >= 11 is 0. The van der Waals surface area contributed by atoms with Gasteiger partial charge in [-0.25, -0.2) is 0 Å². The van der Waals surface area contributed by atoms with Crippen LogP contribution >= 0.6 is 0 Å². The van der Waals surface area contributed by atoms with Gasteiger partial charge in [0.25, 0.3) is 0 Å². The molecule has 2 aromatic rings. The molecule has 2 aromatic carbocycles. The molecule has 0 bridgehead atoms. The predicted octanol–water partition coefficient (Wildman–Crippen LogP) is 4.21. The van der Waals surface area contributed by atoms with Crippen LogP contribution in [-0.2, 0) is 15.0 Å². The molecule has 1 fully saturated rings. The zero-order valence-electron chi connectivity index (χ0n) is 15.2. The van der Waals surface area contributed by atoms with E-state index in [9.17, 15) is 9.59 Å². The lowest BCUT2D eigenvalue weighted by molar-refractivity contribution is -0.141. The molecule has 1 aliphatic rings. The number of carbonyl (C=O) groups excluding carboxylic acids is 1. The van der Waals surface area contributed by atoms with Crippen LogP contribution in [0, 0.1) is 5.92 Å². The highest BCUT2D eigenvalue weighted by molar-refractivity contribution is 5.99. The van der Waals surface area contributed by atoms with Gasteiger partial charge < -0.3 is 14.7 Å². The van der Waals surface area contributed by atoms with Crippen molar-refractivity contribution < 1.29 is 19.4 Å². The van der Waals surface area contributed by atoms with Crippen LogP contribution in [0.25, 0.3) is 0 Å². The minimum absolute atomic E-state index is 0.0493. The van der Waals surface area contributed by atoms with Gasteiger partial charge in [-0.15, -0.1) is 0 Å². The Hall–Kier alpha value is -2.82. The normalized spacial score (nSPS) is 17.4. The number of hydrogen-bond donors (Lipinski definition) is 1. The molecule has 1 aliphatic heterocycles. The lowest BCUT2D eigenvalue weighted by Crippen LogP contribution is -2.25. The van der Waals surface area contributed by atoms with Crippen LogP contribution in [0.15, 0.2) is 48.5 Å². The first-order valence-corrected chi connectivity index (χ1v) is 8.66. The second-order valence-electron chi connectivity index (χ2n) is 7.61. The van der Waals surface area contributed by atoms with Crippen molar-refractivity contribution in [3.8, 4) is 11.5 Å². The Kier molecular flexibility index (Phi) is 4.72. The molecule has 1 atom stereocenters. The minimum atomic E-state index is -0.931. The number of nitrogens with zero attached hydrogens (tertiary/aromatic N) is 1. The number of hydrogen-bond acceptors (Lipinski definition) is 3. The third-order valence-corrected chi connectivity index (χ3v) is 4.58. The summed E-state index contributed by atoms with van der Waals surface area (Å²) in [7, 11) is 0. The van der Waals surface area contributed by atoms with E-state index in [0.29, 0.717) is 11.4 Å². The molecule has 5 nitrogen and oxygen atoms in total. The average Bonchev–Trinajstić information content (AvgIpc) is 2.97. The molecule has 1 heterocycles. The van der Waals surface area contributed by atoms with Gasteiger partial charge in [0.2, 0.25) is 5.91 Å². The number of anilines is 1. The van der Waals surface area contributed by atoms with Crippen molar-refractivity contribution in [3.05, 3.63) is 54.1 Å². The fourth-order valence-corrected chi connectivity index (χ4v) is 2.98. The van der Waals surface area contributed by atoms with E-state index < -0.39 is 11.9 Å². The van der Waals surface area contributed by atoms with Crippen molar-refractivity contribution in [3.63, 3.8) is 0 Å². The Labute approximate surface area is 153 Å². The number of carboxylic acids is 1. The molecule has 5 heteroatoms. The van der Waals surface area contributed by atoms with Crippen LogP contribution in [0.4, 0.5) is 5.69 Å². The molecule has 0 aliphatic carbocycles. The van der Waals surface area contributed by atoms with E-state index in [1.807, 2.05) is 12.1 Å². The number of carbonyl (C=O) groups is 2. The van der Waals surface area contributed by atoms with E-state index in [1.54, 1.807) is 24.3 Å². The number of aliphatic carboxylic acids is 1. The van der Waals surface area contributed by atoms with Crippen molar-refractivity contribution in [1.82, 2.24) is 0 Å². The fraction of sp³-hybridized carbons (Fsp3) is 0.333. The summed E-state index contributed by atoms with van der Waals surface area (Å²) in [6.07, 6.45) is 0.0493. The average molecular weight is 353 g/mol. The van der Waals surface area contributed by atoms with E-state index in [-0.39, 0.29) is 24.3 Å². The standard InChI is InChI=1S/C21H23NO4/c1-21(2,3)15-4-8-17(9-5-15)26-18-10-6-16(7-11-18)22-13-14(20(24)25)12-19(22)23/h4-11,14H,12-13H2,1-3H3,(H,24,25). The highest BCUT2D eigenvalue weighted by Gasteiger charge is 2.34. The van der Waals surface area contributed by atoms with Gasteiger partial charge in [-0.1, -0.05) is 32.9 Å². The molecule has 0 spiro atoms. The number of benzene rings is 2. The Morgan fingerprint density at radius 2 is 1.58 bits per heavy atom. The van der Waals surface area contributed by atoms with Crippen molar-refractivity contribution >= 4 is 17.6 Å². The number of carboxylic acid groups (broad SMARTS) is 1. The fourth-order valence-electron chi connectivity index (χ4n) is 2.98. The molecular formula is C21H23NO4. The van der Waals surface area contributed by atoms with Crippen molar-refractivity contribution in [2.24, 2.45) is 5.92 Å². The van der Waals surface area contributed by atoms with E-state index >= 15 is 0 Å². The van der Waals surface area contributed by atoms with Gasteiger partial charge in [-0.05, 0) is 47.4 Å². The first-order valence-electron chi connectivity index (χ1n) is 8.66. The maximum atomic E-state index is 12.0. The van der Waals surface area contributed by atoms with Crippen LogP contribution in [0.1, 0.15) is 32.8 Å². The van der Waals surface area contributed by atoms with Gasteiger partial charge in [-0.3, -0.25) is 9.59 Å². The third kappa shape index (κ3) is 3.87. The van der Waals surface area contributed by atoms with Gasteiger partial charge in [-0.2, -0.15) is 0 Å². The minimum Gasteiger partial charge on any atom is -0.481 e. The summed E-state index contributed by atoms with van der Waals surface area (Å²) < 4.78 is 5.85.